The Morgan fingerprint density at radius 2 is 1.80 bits per heavy atom. The number of likely N-dealkylation sites (N-methyl/N-ethyl adjacent to an activating group) is 1. The molecule has 0 saturated heterocycles. The van der Waals surface area contributed by atoms with Crippen molar-refractivity contribution in [2.45, 2.75) is 45.5 Å². The molecule has 1 rings (SSSR count). The number of hydrogen-bond donors (Lipinski definition) is 1. The topological polar surface area (TPSA) is 29.3 Å². The Balaban J connectivity index is 3.25. The van der Waals surface area contributed by atoms with E-state index in [1.54, 1.807) is 6.07 Å². The van der Waals surface area contributed by atoms with Crippen LogP contribution in [-0.4, -0.2) is 24.0 Å². The summed E-state index contributed by atoms with van der Waals surface area (Å²) in [5, 5.41) is 0. The van der Waals surface area contributed by atoms with Gasteiger partial charge in [-0.15, -0.1) is 0 Å². The van der Waals surface area contributed by atoms with Crippen molar-refractivity contribution < 1.29 is 13.2 Å². The fourth-order valence-electron chi connectivity index (χ4n) is 2.56. The zero-order valence-corrected chi connectivity index (χ0v) is 12.2. The predicted molar refractivity (Wildman–Crippen MR) is 75.4 cm³/mol. The average molecular weight is 288 g/mol. The van der Waals surface area contributed by atoms with Crippen LogP contribution in [0.15, 0.2) is 24.3 Å². The molecular weight excluding hydrogens is 265 g/mol. The fourth-order valence-corrected chi connectivity index (χ4v) is 2.56. The van der Waals surface area contributed by atoms with Gasteiger partial charge in [0.05, 0.1) is 5.56 Å². The van der Waals surface area contributed by atoms with E-state index in [4.69, 9.17) is 5.73 Å². The number of alkyl halides is 3. The van der Waals surface area contributed by atoms with Gasteiger partial charge in [0.2, 0.25) is 0 Å². The Morgan fingerprint density at radius 1 is 1.20 bits per heavy atom. The lowest BCUT2D eigenvalue weighted by molar-refractivity contribution is -0.138. The van der Waals surface area contributed by atoms with Crippen LogP contribution in [0, 0.1) is 0 Å². The van der Waals surface area contributed by atoms with Crippen molar-refractivity contribution >= 4 is 0 Å². The first-order chi connectivity index (χ1) is 9.36. The van der Waals surface area contributed by atoms with Crippen molar-refractivity contribution in [3.63, 3.8) is 0 Å². The van der Waals surface area contributed by atoms with Crippen LogP contribution >= 0.6 is 0 Å². The van der Waals surface area contributed by atoms with E-state index in [1.165, 1.54) is 12.1 Å². The highest BCUT2D eigenvalue weighted by Crippen LogP contribution is 2.36. The minimum absolute atomic E-state index is 0.172. The van der Waals surface area contributed by atoms with E-state index in [1.807, 2.05) is 25.7 Å². The lowest BCUT2D eigenvalue weighted by Gasteiger charge is -2.36. The molecule has 0 aliphatic carbocycles. The van der Waals surface area contributed by atoms with Crippen molar-refractivity contribution in [2.24, 2.45) is 5.73 Å². The van der Waals surface area contributed by atoms with Crippen LogP contribution in [0.25, 0.3) is 0 Å². The zero-order valence-electron chi connectivity index (χ0n) is 12.2. The molecule has 0 fully saturated rings. The van der Waals surface area contributed by atoms with Gasteiger partial charge in [-0.2, -0.15) is 13.2 Å². The van der Waals surface area contributed by atoms with Crippen LogP contribution in [0.4, 0.5) is 13.2 Å². The van der Waals surface area contributed by atoms with Crippen LogP contribution < -0.4 is 5.73 Å². The molecule has 0 spiro atoms. The van der Waals surface area contributed by atoms with Crippen LogP contribution in [0.3, 0.4) is 0 Å². The number of nitrogens with zero attached hydrogens (tertiary/aromatic N) is 1. The van der Waals surface area contributed by atoms with Crippen LogP contribution in [0.1, 0.15) is 44.4 Å². The molecule has 0 aromatic heterocycles. The SMILES string of the molecule is CCC(C)N(CC)C(CN)c1ccccc1C(F)(F)F. The summed E-state index contributed by atoms with van der Waals surface area (Å²) in [5.41, 5.74) is 5.46. The standard InChI is InChI=1S/C15H23F3N2/c1-4-11(3)20(5-2)14(10-19)12-8-6-7-9-13(12)15(16,17)18/h6-9,11,14H,4-5,10,19H2,1-3H3. The first-order valence-electron chi connectivity index (χ1n) is 6.98. The molecule has 114 valence electrons. The molecule has 2 atom stereocenters. The number of benzene rings is 1. The lowest BCUT2D eigenvalue weighted by atomic mass is 9.97. The summed E-state index contributed by atoms with van der Waals surface area (Å²) in [6.45, 7) is 6.83. The number of halogens is 3. The largest absolute Gasteiger partial charge is 0.416 e. The molecule has 0 bridgehead atoms. The van der Waals surface area contributed by atoms with E-state index in [2.05, 4.69) is 0 Å². The van der Waals surface area contributed by atoms with Gasteiger partial charge in [0, 0.05) is 18.6 Å². The van der Waals surface area contributed by atoms with E-state index in [-0.39, 0.29) is 18.2 Å². The second-order valence-corrected chi connectivity index (χ2v) is 4.92. The Bertz CT molecular complexity index is 418. The maximum Gasteiger partial charge on any atom is 0.416 e. The molecule has 0 saturated carbocycles. The summed E-state index contributed by atoms with van der Waals surface area (Å²) in [7, 11) is 0. The highest BCUT2D eigenvalue weighted by molar-refractivity contribution is 5.32. The summed E-state index contributed by atoms with van der Waals surface area (Å²) in [6, 6.07) is 5.49. The van der Waals surface area contributed by atoms with Crippen LogP contribution in [0.5, 0.6) is 0 Å². The normalized spacial score (nSPS) is 15.4. The molecule has 0 radical (unpaired) electrons. The van der Waals surface area contributed by atoms with Crippen molar-refractivity contribution in [1.82, 2.24) is 4.90 Å². The molecule has 1 aromatic carbocycles. The van der Waals surface area contributed by atoms with Gasteiger partial charge >= 0.3 is 6.18 Å². The zero-order chi connectivity index (χ0) is 15.3. The molecule has 2 nitrogen and oxygen atoms in total. The fraction of sp³-hybridized carbons (Fsp3) is 0.600. The second-order valence-electron chi connectivity index (χ2n) is 4.92. The van der Waals surface area contributed by atoms with E-state index < -0.39 is 17.8 Å². The van der Waals surface area contributed by atoms with Gasteiger partial charge in [0.15, 0.2) is 0 Å². The molecule has 5 heteroatoms. The van der Waals surface area contributed by atoms with Gasteiger partial charge in [-0.1, -0.05) is 32.0 Å². The Labute approximate surface area is 118 Å². The molecule has 2 unspecified atom stereocenters. The van der Waals surface area contributed by atoms with Gasteiger partial charge < -0.3 is 5.73 Å². The predicted octanol–water partition coefficient (Wildman–Crippen LogP) is 3.83. The third-order valence-electron chi connectivity index (χ3n) is 3.77. The summed E-state index contributed by atoms with van der Waals surface area (Å²) in [5.74, 6) is 0. The lowest BCUT2D eigenvalue weighted by Crippen LogP contribution is -2.40. The van der Waals surface area contributed by atoms with Crippen molar-refractivity contribution in [3.05, 3.63) is 35.4 Å². The third kappa shape index (κ3) is 3.73. The van der Waals surface area contributed by atoms with Crippen molar-refractivity contribution in [2.75, 3.05) is 13.1 Å². The molecule has 0 amide bonds. The third-order valence-corrected chi connectivity index (χ3v) is 3.77. The first-order valence-corrected chi connectivity index (χ1v) is 6.98. The second kappa shape index (κ2) is 7.09. The van der Waals surface area contributed by atoms with E-state index >= 15 is 0 Å². The van der Waals surface area contributed by atoms with E-state index in [0.717, 1.165) is 12.5 Å². The molecule has 0 aliphatic heterocycles. The van der Waals surface area contributed by atoms with Gasteiger partial charge in [-0.25, -0.2) is 0 Å². The van der Waals surface area contributed by atoms with Gasteiger partial charge in [0.1, 0.15) is 0 Å². The van der Waals surface area contributed by atoms with Crippen molar-refractivity contribution in [1.29, 1.82) is 0 Å². The Kier molecular flexibility index (Phi) is 6.02. The molecular formula is C15H23F3N2. The summed E-state index contributed by atoms with van der Waals surface area (Å²) in [4.78, 5) is 2.03. The maximum atomic E-state index is 13.1. The molecule has 2 N–H and O–H groups in total. The minimum atomic E-state index is -4.35. The van der Waals surface area contributed by atoms with Crippen LogP contribution in [0.2, 0.25) is 0 Å². The highest BCUT2D eigenvalue weighted by atomic mass is 19.4. The monoisotopic (exact) mass is 288 g/mol. The Hall–Kier alpha value is -1.07. The summed E-state index contributed by atoms with van der Waals surface area (Å²) >= 11 is 0. The number of rotatable bonds is 6. The van der Waals surface area contributed by atoms with E-state index in [9.17, 15) is 13.2 Å². The summed E-state index contributed by atoms with van der Waals surface area (Å²) < 4.78 is 39.4. The average Bonchev–Trinajstić information content (AvgIpc) is 2.43. The molecule has 0 heterocycles. The molecule has 1 aromatic rings. The quantitative estimate of drug-likeness (QED) is 0.862. The number of hydrogen-bond acceptors (Lipinski definition) is 2. The van der Waals surface area contributed by atoms with Gasteiger partial charge in [0.25, 0.3) is 0 Å². The smallest absolute Gasteiger partial charge is 0.329 e. The van der Waals surface area contributed by atoms with Crippen molar-refractivity contribution in [3.8, 4) is 0 Å². The summed E-state index contributed by atoms with van der Waals surface area (Å²) in [6.07, 6.45) is -3.47. The van der Waals surface area contributed by atoms with Gasteiger partial charge in [-0.3, -0.25) is 4.90 Å². The van der Waals surface area contributed by atoms with Gasteiger partial charge in [-0.05, 0) is 31.5 Å². The Morgan fingerprint density at radius 3 is 2.25 bits per heavy atom. The number of nitrogens with two attached hydrogens (primary N) is 1. The van der Waals surface area contributed by atoms with E-state index in [0.29, 0.717) is 6.54 Å². The molecule has 20 heavy (non-hydrogen) atoms. The van der Waals surface area contributed by atoms with Crippen LogP contribution in [-0.2, 0) is 6.18 Å². The molecule has 0 aliphatic rings. The maximum absolute atomic E-state index is 13.1. The first kappa shape index (κ1) is 17.0. The minimum Gasteiger partial charge on any atom is -0.329 e. The highest BCUT2D eigenvalue weighted by Gasteiger charge is 2.36.